The Kier molecular flexibility index (Phi) is 6.48. The van der Waals surface area contributed by atoms with Gasteiger partial charge in [-0.1, -0.05) is 59.6 Å². The van der Waals surface area contributed by atoms with Crippen molar-refractivity contribution in [3.05, 3.63) is 111 Å². The Morgan fingerprint density at radius 1 is 0.941 bits per heavy atom. The lowest BCUT2D eigenvalue weighted by atomic mass is 10.0. The van der Waals surface area contributed by atoms with Gasteiger partial charge in [-0.2, -0.15) is 0 Å². The third-order valence-corrected chi connectivity index (χ3v) is 7.06. The Labute approximate surface area is 207 Å². The third-order valence-electron chi connectivity index (χ3n) is 5.62. The standard InChI is InChI=1S/C28H23ClN2O2S/c1-18-9-12-20(13-10-18)33-21-6-4-5-19(15-21)11-14-22-16-24-27(23-7-2-3-8-25(23)29)30-17-26(32)31-28(24)34-22/h2-10,12-13,15-16H,11,14,17H2,1H3,(H,31,32). The minimum absolute atomic E-state index is 0.0884. The van der Waals surface area contributed by atoms with Crippen molar-refractivity contribution in [3.63, 3.8) is 0 Å². The van der Waals surface area contributed by atoms with Crippen LogP contribution in [-0.2, 0) is 17.6 Å². The molecule has 6 heteroatoms. The molecule has 0 spiro atoms. The minimum Gasteiger partial charge on any atom is -0.457 e. The van der Waals surface area contributed by atoms with Crippen LogP contribution >= 0.6 is 22.9 Å². The normalized spacial score (nSPS) is 13.0. The van der Waals surface area contributed by atoms with Gasteiger partial charge in [0.15, 0.2) is 0 Å². The summed E-state index contributed by atoms with van der Waals surface area (Å²) in [6.07, 6.45) is 1.70. The van der Waals surface area contributed by atoms with Crippen molar-refractivity contribution in [2.45, 2.75) is 19.8 Å². The quantitative estimate of drug-likeness (QED) is 0.316. The average molecular weight is 487 g/mol. The fourth-order valence-corrected chi connectivity index (χ4v) is 5.19. The zero-order valence-corrected chi connectivity index (χ0v) is 20.2. The molecule has 0 fully saturated rings. The number of carbonyl (C=O) groups excluding carboxylic acids is 1. The van der Waals surface area contributed by atoms with E-state index in [2.05, 4.69) is 35.4 Å². The zero-order valence-electron chi connectivity index (χ0n) is 18.7. The molecule has 0 saturated carbocycles. The van der Waals surface area contributed by atoms with E-state index >= 15 is 0 Å². The number of anilines is 1. The van der Waals surface area contributed by atoms with E-state index in [1.54, 1.807) is 11.3 Å². The van der Waals surface area contributed by atoms with E-state index in [4.69, 9.17) is 16.3 Å². The Balaban J connectivity index is 1.34. The number of hydrogen-bond donors (Lipinski definition) is 1. The molecule has 4 aromatic rings. The van der Waals surface area contributed by atoms with Crippen LogP contribution < -0.4 is 10.1 Å². The van der Waals surface area contributed by atoms with Crippen molar-refractivity contribution in [1.29, 1.82) is 0 Å². The molecule has 4 nitrogen and oxygen atoms in total. The lowest BCUT2D eigenvalue weighted by Crippen LogP contribution is -2.12. The van der Waals surface area contributed by atoms with Crippen molar-refractivity contribution < 1.29 is 9.53 Å². The highest BCUT2D eigenvalue weighted by Crippen LogP contribution is 2.34. The maximum absolute atomic E-state index is 12.2. The topological polar surface area (TPSA) is 50.7 Å². The van der Waals surface area contributed by atoms with Gasteiger partial charge in [-0.25, -0.2) is 0 Å². The van der Waals surface area contributed by atoms with Crippen molar-refractivity contribution in [2.24, 2.45) is 4.99 Å². The van der Waals surface area contributed by atoms with Gasteiger partial charge < -0.3 is 10.1 Å². The molecule has 2 heterocycles. The van der Waals surface area contributed by atoms with Gasteiger partial charge >= 0.3 is 0 Å². The average Bonchev–Trinajstić information content (AvgIpc) is 3.16. The molecule has 1 aliphatic heterocycles. The summed E-state index contributed by atoms with van der Waals surface area (Å²) in [6.45, 7) is 2.15. The first-order chi connectivity index (χ1) is 16.5. The molecular weight excluding hydrogens is 464 g/mol. The fraction of sp³-hybridized carbons (Fsp3) is 0.143. The molecule has 170 valence electrons. The van der Waals surface area contributed by atoms with Crippen LogP contribution in [0.1, 0.15) is 27.1 Å². The molecule has 0 atom stereocenters. The molecule has 1 N–H and O–H groups in total. The van der Waals surface area contributed by atoms with E-state index in [0.717, 1.165) is 46.2 Å². The van der Waals surface area contributed by atoms with E-state index in [9.17, 15) is 4.79 Å². The van der Waals surface area contributed by atoms with Crippen molar-refractivity contribution in [2.75, 3.05) is 11.9 Å². The molecule has 34 heavy (non-hydrogen) atoms. The number of amides is 1. The Morgan fingerprint density at radius 3 is 2.59 bits per heavy atom. The molecule has 1 aliphatic rings. The second-order valence-electron chi connectivity index (χ2n) is 8.21. The molecule has 0 bridgehead atoms. The van der Waals surface area contributed by atoms with Crippen LogP contribution in [0.5, 0.6) is 11.5 Å². The number of halogens is 1. The fourth-order valence-electron chi connectivity index (χ4n) is 3.89. The number of aryl methyl sites for hydroxylation is 3. The summed E-state index contributed by atoms with van der Waals surface area (Å²) in [5, 5.41) is 4.45. The smallest absolute Gasteiger partial charge is 0.246 e. The molecule has 0 unspecified atom stereocenters. The van der Waals surface area contributed by atoms with Gasteiger partial charge in [0.05, 0.1) is 5.71 Å². The maximum atomic E-state index is 12.2. The second-order valence-corrected chi connectivity index (χ2v) is 9.75. The Bertz CT molecular complexity index is 1380. The number of nitrogens with one attached hydrogen (secondary N) is 1. The van der Waals surface area contributed by atoms with E-state index < -0.39 is 0 Å². The van der Waals surface area contributed by atoms with Gasteiger partial charge in [0.25, 0.3) is 0 Å². The molecule has 1 amide bonds. The monoisotopic (exact) mass is 486 g/mol. The Hall–Kier alpha value is -3.41. The first-order valence-electron chi connectivity index (χ1n) is 11.1. The van der Waals surface area contributed by atoms with Crippen LogP contribution in [0.3, 0.4) is 0 Å². The number of aliphatic imine (C=N–C) groups is 1. The van der Waals surface area contributed by atoms with Crippen LogP contribution in [-0.4, -0.2) is 18.2 Å². The van der Waals surface area contributed by atoms with Gasteiger partial charge in [-0.05, 0) is 61.7 Å². The minimum atomic E-state index is -0.113. The summed E-state index contributed by atoms with van der Waals surface area (Å²) in [5.74, 6) is 1.54. The second kappa shape index (κ2) is 9.84. The van der Waals surface area contributed by atoms with Crippen LogP contribution in [0.4, 0.5) is 5.00 Å². The molecule has 1 aromatic heterocycles. The van der Waals surface area contributed by atoms with Gasteiger partial charge in [-0.3, -0.25) is 9.79 Å². The van der Waals surface area contributed by atoms with Crippen molar-refractivity contribution in [3.8, 4) is 11.5 Å². The van der Waals surface area contributed by atoms with Crippen LogP contribution in [0, 0.1) is 6.92 Å². The Morgan fingerprint density at radius 2 is 1.76 bits per heavy atom. The molecule has 0 aliphatic carbocycles. The number of rotatable bonds is 6. The molecule has 0 saturated heterocycles. The molecule has 0 radical (unpaired) electrons. The lowest BCUT2D eigenvalue weighted by molar-refractivity contribution is -0.114. The van der Waals surface area contributed by atoms with E-state index in [1.165, 1.54) is 16.0 Å². The number of fused-ring (bicyclic) bond motifs is 1. The van der Waals surface area contributed by atoms with Crippen molar-refractivity contribution >= 4 is 39.6 Å². The first-order valence-corrected chi connectivity index (χ1v) is 12.3. The number of nitrogens with zero attached hydrogens (tertiary/aromatic N) is 1. The van der Waals surface area contributed by atoms with Crippen LogP contribution in [0.25, 0.3) is 0 Å². The van der Waals surface area contributed by atoms with Crippen LogP contribution in [0.2, 0.25) is 5.02 Å². The van der Waals surface area contributed by atoms with Gasteiger partial charge in [0.2, 0.25) is 5.91 Å². The van der Waals surface area contributed by atoms with Crippen molar-refractivity contribution in [1.82, 2.24) is 0 Å². The summed E-state index contributed by atoms with van der Waals surface area (Å²) < 4.78 is 6.02. The maximum Gasteiger partial charge on any atom is 0.246 e. The highest BCUT2D eigenvalue weighted by Gasteiger charge is 2.22. The summed E-state index contributed by atoms with van der Waals surface area (Å²) in [5.41, 5.74) is 4.92. The first kappa shape index (κ1) is 22.4. The van der Waals surface area contributed by atoms with E-state index in [-0.39, 0.29) is 12.5 Å². The van der Waals surface area contributed by atoms with E-state index in [1.807, 2.05) is 60.7 Å². The largest absolute Gasteiger partial charge is 0.457 e. The number of hydrogen-bond acceptors (Lipinski definition) is 4. The van der Waals surface area contributed by atoms with Gasteiger partial charge in [0.1, 0.15) is 23.0 Å². The zero-order chi connectivity index (χ0) is 23.5. The number of benzene rings is 3. The summed E-state index contributed by atoms with van der Waals surface area (Å²) >= 11 is 8.04. The third kappa shape index (κ3) is 5.06. The lowest BCUT2D eigenvalue weighted by Gasteiger charge is -2.08. The van der Waals surface area contributed by atoms with Gasteiger partial charge in [-0.15, -0.1) is 11.3 Å². The summed E-state index contributed by atoms with van der Waals surface area (Å²) in [7, 11) is 0. The number of thiophene rings is 1. The summed E-state index contributed by atoms with van der Waals surface area (Å²) in [6, 6.07) is 26.0. The molecule has 3 aromatic carbocycles. The highest BCUT2D eigenvalue weighted by atomic mass is 35.5. The molecular formula is C28H23ClN2O2S. The number of carbonyl (C=O) groups is 1. The predicted molar refractivity (Wildman–Crippen MR) is 140 cm³/mol. The SMILES string of the molecule is Cc1ccc(Oc2cccc(CCc3cc4c(s3)NC(=O)CN=C4c3ccccc3Cl)c2)cc1. The number of ether oxygens (including phenoxy) is 1. The predicted octanol–water partition coefficient (Wildman–Crippen LogP) is 7.08. The van der Waals surface area contributed by atoms with Gasteiger partial charge in [0, 0.05) is 21.0 Å². The molecule has 5 rings (SSSR count). The highest BCUT2D eigenvalue weighted by molar-refractivity contribution is 7.16. The van der Waals surface area contributed by atoms with Crippen LogP contribution in [0.15, 0.2) is 83.9 Å². The summed E-state index contributed by atoms with van der Waals surface area (Å²) in [4.78, 5) is 18.0. The van der Waals surface area contributed by atoms with E-state index in [0.29, 0.717) is 5.02 Å².